The highest BCUT2D eigenvalue weighted by molar-refractivity contribution is 6.33. The third-order valence-corrected chi connectivity index (χ3v) is 3.95. The molecule has 1 aromatic rings. The van der Waals surface area contributed by atoms with E-state index in [1.807, 2.05) is 0 Å². The number of carbonyl (C=O) groups is 1. The van der Waals surface area contributed by atoms with E-state index in [1.54, 1.807) is 24.1 Å². The summed E-state index contributed by atoms with van der Waals surface area (Å²) in [6.45, 7) is 1.56. The molecule has 1 amide bonds. The number of aliphatic hydroxyl groups excluding tert-OH is 1. The van der Waals surface area contributed by atoms with Crippen LogP contribution in [0.3, 0.4) is 0 Å². The van der Waals surface area contributed by atoms with Gasteiger partial charge in [-0.3, -0.25) is 4.79 Å². The van der Waals surface area contributed by atoms with Gasteiger partial charge in [-0.25, -0.2) is 4.98 Å². The zero-order valence-electron chi connectivity index (χ0n) is 11.6. The Bertz CT molecular complexity index is 479. The van der Waals surface area contributed by atoms with Crippen molar-refractivity contribution in [3.8, 4) is 0 Å². The first-order valence-electron chi connectivity index (χ1n) is 6.90. The van der Waals surface area contributed by atoms with Gasteiger partial charge in [0.1, 0.15) is 11.5 Å². The molecule has 0 spiro atoms. The smallest absolute Gasteiger partial charge is 0.274 e. The van der Waals surface area contributed by atoms with E-state index in [1.165, 1.54) is 0 Å². The van der Waals surface area contributed by atoms with Gasteiger partial charge in [0.2, 0.25) is 0 Å². The lowest BCUT2D eigenvalue weighted by atomic mass is 9.95. The van der Waals surface area contributed by atoms with Crippen LogP contribution in [0.2, 0.25) is 5.02 Å². The van der Waals surface area contributed by atoms with Gasteiger partial charge in [0, 0.05) is 26.7 Å². The van der Waals surface area contributed by atoms with Crippen LogP contribution in [0.5, 0.6) is 0 Å². The monoisotopic (exact) mass is 297 g/mol. The average Bonchev–Trinajstić information content (AvgIpc) is 2.48. The molecule has 1 aromatic heterocycles. The highest BCUT2D eigenvalue weighted by Crippen LogP contribution is 2.23. The number of hydrogen-bond donors (Lipinski definition) is 2. The number of anilines is 1. The Morgan fingerprint density at radius 3 is 3.10 bits per heavy atom. The average molecular weight is 298 g/mol. The molecule has 0 saturated carbocycles. The summed E-state index contributed by atoms with van der Waals surface area (Å²) in [5.41, 5.74) is 0.295. The molecule has 1 unspecified atom stereocenters. The molecule has 20 heavy (non-hydrogen) atoms. The van der Waals surface area contributed by atoms with Crippen LogP contribution in [0.1, 0.15) is 29.8 Å². The molecule has 1 saturated heterocycles. The number of amides is 1. The molecule has 2 rings (SSSR count). The van der Waals surface area contributed by atoms with Crippen LogP contribution in [0.25, 0.3) is 0 Å². The maximum Gasteiger partial charge on any atom is 0.274 e. The van der Waals surface area contributed by atoms with Crippen LogP contribution in [-0.2, 0) is 0 Å². The number of rotatable bonds is 4. The maximum atomic E-state index is 12.5. The lowest BCUT2D eigenvalue weighted by Crippen LogP contribution is -2.40. The van der Waals surface area contributed by atoms with Gasteiger partial charge < -0.3 is 15.3 Å². The van der Waals surface area contributed by atoms with Gasteiger partial charge in [0.15, 0.2) is 0 Å². The van der Waals surface area contributed by atoms with Gasteiger partial charge >= 0.3 is 0 Å². The molecular formula is C14H20ClN3O2. The van der Waals surface area contributed by atoms with Crippen LogP contribution in [0.4, 0.5) is 5.82 Å². The molecule has 5 nitrogen and oxygen atoms in total. The second-order valence-electron chi connectivity index (χ2n) is 5.05. The Balaban J connectivity index is 2.14. The molecule has 0 radical (unpaired) electrons. The minimum Gasteiger partial charge on any atom is -0.396 e. The normalized spacial score (nSPS) is 18.9. The third kappa shape index (κ3) is 3.41. The van der Waals surface area contributed by atoms with Crippen molar-refractivity contribution in [1.29, 1.82) is 0 Å². The van der Waals surface area contributed by atoms with Gasteiger partial charge in [-0.1, -0.05) is 11.6 Å². The predicted octanol–water partition coefficient (Wildman–Crippen LogP) is 2.01. The van der Waals surface area contributed by atoms with Crippen molar-refractivity contribution in [3.05, 3.63) is 22.8 Å². The molecule has 1 aliphatic rings. The first-order chi connectivity index (χ1) is 9.65. The van der Waals surface area contributed by atoms with Crippen LogP contribution in [0.15, 0.2) is 12.1 Å². The third-order valence-electron chi connectivity index (χ3n) is 3.65. The number of aliphatic hydroxyl groups is 1. The summed E-state index contributed by atoms with van der Waals surface area (Å²) in [5, 5.41) is 12.3. The van der Waals surface area contributed by atoms with E-state index >= 15 is 0 Å². The summed E-state index contributed by atoms with van der Waals surface area (Å²) in [7, 11) is 1.75. The molecule has 2 N–H and O–H groups in total. The SMILES string of the molecule is CNc1ccc(Cl)c(C(=O)N2CCCC(CCO)C2)n1. The second-order valence-corrected chi connectivity index (χ2v) is 5.46. The lowest BCUT2D eigenvalue weighted by molar-refractivity contribution is 0.0648. The van der Waals surface area contributed by atoms with Crippen molar-refractivity contribution in [2.45, 2.75) is 19.3 Å². The van der Waals surface area contributed by atoms with Crippen molar-refractivity contribution in [3.63, 3.8) is 0 Å². The number of nitrogens with zero attached hydrogens (tertiary/aromatic N) is 2. The number of hydrogen-bond acceptors (Lipinski definition) is 4. The Labute approximate surface area is 123 Å². The van der Waals surface area contributed by atoms with E-state index in [-0.39, 0.29) is 12.5 Å². The van der Waals surface area contributed by atoms with Crippen LogP contribution >= 0.6 is 11.6 Å². The van der Waals surface area contributed by atoms with Crippen molar-refractivity contribution in [2.24, 2.45) is 5.92 Å². The van der Waals surface area contributed by atoms with Crippen LogP contribution in [-0.4, -0.2) is 47.6 Å². The number of nitrogens with one attached hydrogen (secondary N) is 1. The van der Waals surface area contributed by atoms with E-state index < -0.39 is 0 Å². The maximum absolute atomic E-state index is 12.5. The fourth-order valence-electron chi connectivity index (χ4n) is 2.55. The quantitative estimate of drug-likeness (QED) is 0.892. The Morgan fingerprint density at radius 1 is 1.60 bits per heavy atom. The Morgan fingerprint density at radius 2 is 2.40 bits per heavy atom. The van der Waals surface area contributed by atoms with Crippen molar-refractivity contribution < 1.29 is 9.90 Å². The number of pyridine rings is 1. The van der Waals surface area contributed by atoms with Gasteiger partial charge in [0.05, 0.1) is 5.02 Å². The molecule has 1 fully saturated rings. The van der Waals surface area contributed by atoms with E-state index in [0.29, 0.717) is 29.0 Å². The molecule has 0 aromatic carbocycles. The molecule has 110 valence electrons. The molecule has 1 atom stereocenters. The number of halogens is 1. The lowest BCUT2D eigenvalue weighted by Gasteiger charge is -2.32. The van der Waals surface area contributed by atoms with E-state index in [2.05, 4.69) is 10.3 Å². The fourth-order valence-corrected chi connectivity index (χ4v) is 2.73. The van der Waals surface area contributed by atoms with Crippen molar-refractivity contribution in [1.82, 2.24) is 9.88 Å². The van der Waals surface area contributed by atoms with Gasteiger partial charge in [-0.05, 0) is 37.3 Å². The number of likely N-dealkylation sites (tertiary alicyclic amines) is 1. The standard InChI is InChI=1S/C14H20ClN3O2/c1-16-12-5-4-11(15)13(17-12)14(20)18-7-2-3-10(9-18)6-8-19/h4-5,10,19H,2-3,6-9H2,1H3,(H,16,17). The molecular weight excluding hydrogens is 278 g/mol. The van der Waals surface area contributed by atoms with Crippen molar-refractivity contribution >= 4 is 23.3 Å². The predicted molar refractivity (Wildman–Crippen MR) is 79.1 cm³/mol. The van der Waals surface area contributed by atoms with Crippen LogP contribution < -0.4 is 5.32 Å². The summed E-state index contributed by atoms with van der Waals surface area (Å²) >= 11 is 6.09. The second kappa shape index (κ2) is 6.90. The zero-order valence-corrected chi connectivity index (χ0v) is 12.4. The number of carbonyl (C=O) groups excluding carboxylic acids is 1. The summed E-state index contributed by atoms with van der Waals surface area (Å²) in [6, 6.07) is 3.42. The summed E-state index contributed by atoms with van der Waals surface area (Å²) < 4.78 is 0. The van der Waals surface area contributed by atoms with E-state index in [0.717, 1.165) is 25.8 Å². The molecule has 1 aliphatic heterocycles. The van der Waals surface area contributed by atoms with Crippen molar-refractivity contribution in [2.75, 3.05) is 32.1 Å². The fraction of sp³-hybridized carbons (Fsp3) is 0.571. The highest BCUT2D eigenvalue weighted by Gasteiger charge is 2.26. The molecule has 6 heteroatoms. The summed E-state index contributed by atoms with van der Waals surface area (Å²) in [6.07, 6.45) is 2.75. The number of piperidine rings is 1. The van der Waals surface area contributed by atoms with Gasteiger partial charge in [-0.15, -0.1) is 0 Å². The largest absolute Gasteiger partial charge is 0.396 e. The molecule has 2 heterocycles. The topological polar surface area (TPSA) is 65.5 Å². The first kappa shape index (κ1) is 15.1. The Hall–Kier alpha value is -1.33. The summed E-state index contributed by atoms with van der Waals surface area (Å²) in [4.78, 5) is 18.6. The number of aromatic nitrogens is 1. The van der Waals surface area contributed by atoms with E-state index in [9.17, 15) is 4.79 Å². The molecule has 0 bridgehead atoms. The zero-order chi connectivity index (χ0) is 14.5. The minimum absolute atomic E-state index is 0.130. The van der Waals surface area contributed by atoms with Gasteiger partial charge in [0.25, 0.3) is 5.91 Å². The summed E-state index contributed by atoms with van der Waals surface area (Å²) in [5.74, 6) is 0.861. The molecule has 0 aliphatic carbocycles. The Kier molecular flexibility index (Phi) is 5.20. The van der Waals surface area contributed by atoms with E-state index in [4.69, 9.17) is 16.7 Å². The van der Waals surface area contributed by atoms with Crippen LogP contribution in [0, 0.1) is 5.92 Å². The first-order valence-corrected chi connectivity index (χ1v) is 7.28. The minimum atomic E-state index is -0.130. The highest BCUT2D eigenvalue weighted by atomic mass is 35.5. The van der Waals surface area contributed by atoms with Gasteiger partial charge in [-0.2, -0.15) is 0 Å².